The zero-order valence-electron chi connectivity index (χ0n) is 15.4. The predicted molar refractivity (Wildman–Crippen MR) is 94.4 cm³/mol. The Labute approximate surface area is 143 Å². The fourth-order valence-corrected chi connectivity index (χ4v) is 2.95. The first-order valence-electron chi connectivity index (χ1n) is 8.55. The maximum Gasteiger partial charge on any atom is 0.253 e. The number of amides is 1. The van der Waals surface area contributed by atoms with Crippen molar-refractivity contribution in [3.8, 4) is 0 Å². The summed E-state index contributed by atoms with van der Waals surface area (Å²) < 4.78 is 5.21. The Bertz CT molecular complexity index is 700. The highest BCUT2D eigenvalue weighted by atomic mass is 16.5. The van der Waals surface area contributed by atoms with E-state index in [-0.39, 0.29) is 11.8 Å². The van der Waals surface area contributed by atoms with Crippen molar-refractivity contribution in [1.29, 1.82) is 0 Å². The summed E-state index contributed by atoms with van der Waals surface area (Å²) in [6.07, 6.45) is 0.739. The van der Waals surface area contributed by atoms with E-state index in [4.69, 9.17) is 4.52 Å². The summed E-state index contributed by atoms with van der Waals surface area (Å²) in [7, 11) is 0. The van der Waals surface area contributed by atoms with Gasteiger partial charge in [-0.3, -0.25) is 9.78 Å². The third kappa shape index (κ3) is 3.83. The van der Waals surface area contributed by atoms with Crippen molar-refractivity contribution in [2.75, 3.05) is 6.54 Å². The van der Waals surface area contributed by atoms with Crippen LogP contribution in [0.1, 0.15) is 78.3 Å². The van der Waals surface area contributed by atoms with Crippen molar-refractivity contribution in [3.63, 3.8) is 0 Å². The van der Waals surface area contributed by atoms with Crippen LogP contribution in [0.25, 0.3) is 0 Å². The van der Waals surface area contributed by atoms with Gasteiger partial charge >= 0.3 is 0 Å². The zero-order valence-corrected chi connectivity index (χ0v) is 15.4. The second-order valence-electron chi connectivity index (χ2n) is 6.59. The average Bonchev–Trinajstić information content (AvgIpc) is 2.90. The molecule has 2 aromatic rings. The molecule has 0 aliphatic carbocycles. The number of aryl methyl sites for hydroxylation is 3. The highest BCUT2D eigenvalue weighted by Crippen LogP contribution is 2.22. The van der Waals surface area contributed by atoms with Gasteiger partial charge in [0.15, 0.2) is 0 Å². The Kier molecular flexibility index (Phi) is 5.75. The smallest absolute Gasteiger partial charge is 0.253 e. The molecule has 0 saturated heterocycles. The lowest BCUT2D eigenvalue weighted by molar-refractivity contribution is 0.0950. The van der Waals surface area contributed by atoms with Crippen LogP contribution in [-0.2, 0) is 6.42 Å². The van der Waals surface area contributed by atoms with Gasteiger partial charge < -0.3 is 9.84 Å². The molecule has 1 unspecified atom stereocenters. The molecule has 0 aliphatic heterocycles. The Morgan fingerprint density at radius 2 is 1.96 bits per heavy atom. The SMILES string of the molecule is CCc1nc(C(C)C)ccc1C(=O)NCC(C)c1c(C)noc1C. The number of pyridine rings is 1. The molecule has 0 aliphatic rings. The van der Waals surface area contributed by atoms with Crippen molar-refractivity contribution < 1.29 is 9.32 Å². The number of hydrogen-bond acceptors (Lipinski definition) is 4. The molecule has 5 heteroatoms. The van der Waals surface area contributed by atoms with E-state index in [1.807, 2.05) is 32.9 Å². The first-order valence-corrected chi connectivity index (χ1v) is 8.55. The molecule has 5 nitrogen and oxygen atoms in total. The van der Waals surface area contributed by atoms with Crippen molar-refractivity contribution in [2.24, 2.45) is 0 Å². The quantitative estimate of drug-likeness (QED) is 0.872. The molecule has 0 radical (unpaired) electrons. The molecule has 2 aromatic heterocycles. The molecule has 24 heavy (non-hydrogen) atoms. The molecule has 1 amide bonds. The van der Waals surface area contributed by atoms with E-state index in [1.54, 1.807) is 0 Å². The van der Waals surface area contributed by atoms with Crippen LogP contribution in [-0.4, -0.2) is 22.6 Å². The molecule has 0 aromatic carbocycles. The number of carbonyl (C=O) groups is 1. The lowest BCUT2D eigenvalue weighted by atomic mass is 9.99. The second kappa shape index (κ2) is 7.60. The van der Waals surface area contributed by atoms with Crippen molar-refractivity contribution in [2.45, 2.75) is 59.8 Å². The van der Waals surface area contributed by atoms with Crippen LogP contribution in [0.5, 0.6) is 0 Å². The zero-order chi connectivity index (χ0) is 17.9. The molecule has 130 valence electrons. The summed E-state index contributed by atoms with van der Waals surface area (Å²) in [5.74, 6) is 1.24. The van der Waals surface area contributed by atoms with E-state index < -0.39 is 0 Å². The number of aromatic nitrogens is 2. The standard InChI is InChI=1S/C19H27N3O2/c1-7-16-15(8-9-17(21-16)11(2)3)19(23)20-10-12(4)18-13(5)22-24-14(18)6/h8-9,11-12H,7,10H2,1-6H3,(H,20,23). The summed E-state index contributed by atoms with van der Waals surface area (Å²) in [6.45, 7) is 12.7. The lowest BCUT2D eigenvalue weighted by Crippen LogP contribution is -2.29. The number of rotatable bonds is 6. The molecule has 2 heterocycles. The van der Waals surface area contributed by atoms with E-state index in [0.29, 0.717) is 18.0 Å². The first kappa shape index (κ1) is 18.2. The van der Waals surface area contributed by atoms with Gasteiger partial charge in [-0.2, -0.15) is 0 Å². The van der Waals surface area contributed by atoms with Crippen LogP contribution in [0.3, 0.4) is 0 Å². The minimum absolute atomic E-state index is 0.0757. The highest BCUT2D eigenvalue weighted by molar-refractivity contribution is 5.95. The number of hydrogen-bond donors (Lipinski definition) is 1. The van der Waals surface area contributed by atoms with Crippen LogP contribution in [0.15, 0.2) is 16.7 Å². The Morgan fingerprint density at radius 3 is 2.50 bits per heavy atom. The van der Waals surface area contributed by atoms with Crippen LogP contribution in [0.2, 0.25) is 0 Å². The fraction of sp³-hybridized carbons (Fsp3) is 0.526. The van der Waals surface area contributed by atoms with Gasteiger partial charge in [0.05, 0.1) is 17.0 Å². The lowest BCUT2D eigenvalue weighted by Gasteiger charge is -2.15. The Balaban J connectivity index is 2.10. The first-order chi connectivity index (χ1) is 11.3. The summed E-state index contributed by atoms with van der Waals surface area (Å²) in [5.41, 5.74) is 4.48. The molecule has 2 rings (SSSR count). The van der Waals surface area contributed by atoms with Gasteiger partial charge in [-0.05, 0) is 38.3 Å². The number of nitrogens with zero attached hydrogens (tertiary/aromatic N) is 2. The summed E-state index contributed by atoms with van der Waals surface area (Å²) in [6, 6.07) is 3.83. The van der Waals surface area contributed by atoms with Gasteiger partial charge in [-0.1, -0.05) is 32.9 Å². The van der Waals surface area contributed by atoms with Gasteiger partial charge in [0, 0.05) is 23.7 Å². The van der Waals surface area contributed by atoms with Gasteiger partial charge in [0.1, 0.15) is 5.76 Å². The predicted octanol–water partition coefficient (Wildman–Crippen LogP) is 3.91. The van der Waals surface area contributed by atoms with Crippen LogP contribution in [0, 0.1) is 13.8 Å². The molecular weight excluding hydrogens is 302 g/mol. The van der Waals surface area contributed by atoms with Crippen molar-refractivity contribution in [1.82, 2.24) is 15.5 Å². The number of carbonyl (C=O) groups excluding carboxylic acids is 1. The van der Waals surface area contributed by atoms with Crippen LogP contribution in [0.4, 0.5) is 0 Å². The van der Waals surface area contributed by atoms with Crippen LogP contribution >= 0.6 is 0 Å². The maximum absolute atomic E-state index is 12.6. The van der Waals surface area contributed by atoms with Gasteiger partial charge in [0.25, 0.3) is 5.91 Å². The minimum atomic E-state index is -0.0757. The van der Waals surface area contributed by atoms with Gasteiger partial charge in [0.2, 0.25) is 0 Å². The Hall–Kier alpha value is -2.17. The third-order valence-corrected chi connectivity index (χ3v) is 4.32. The normalized spacial score (nSPS) is 12.5. The van der Waals surface area contributed by atoms with E-state index >= 15 is 0 Å². The summed E-state index contributed by atoms with van der Waals surface area (Å²) >= 11 is 0. The Morgan fingerprint density at radius 1 is 1.25 bits per heavy atom. The average molecular weight is 329 g/mol. The van der Waals surface area contributed by atoms with E-state index in [1.165, 1.54) is 0 Å². The topological polar surface area (TPSA) is 68.0 Å². The second-order valence-corrected chi connectivity index (χ2v) is 6.59. The van der Waals surface area contributed by atoms with E-state index in [0.717, 1.165) is 34.8 Å². The minimum Gasteiger partial charge on any atom is -0.361 e. The molecule has 0 spiro atoms. The molecule has 0 fully saturated rings. The molecular formula is C19H27N3O2. The molecule has 0 bridgehead atoms. The summed E-state index contributed by atoms with van der Waals surface area (Å²) in [5, 5.41) is 6.99. The number of nitrogens with one attached hydrogen (secondary N) is 1. The molecule has 0 saturated carbocycles. The monoisotopic (exact) mass is 329 g/mol. The summed E-state index contributed by atoms with van der Waals surface area (Å²) in [4.78, 5) is 17.2. The van der Waals surface area contributed by atoms with Crippen molar-refractivity contribution >= 4 is 5.91 Å². The van der Waals surface area contributed by atoms with E-state index in [2.05, 4.69) is 36.2 Å². The van der Waals surface area contributed by atoms with E-state index in [9.17, 15) is 4.79 Å². The van der Waals surface area contributed by atoms with Crippen LogP contribution < -0.4 is 5.32 Å². The molecule has 1 N–H and O–H groups in total. The molecule has 1 atom stereocenters. The largest absolute Gasteiger partial charge is 0.361 e. The third-order valence-electron chi connectivity index (χ3n) is 4.32. The van der Waals surface area contributed by atoms with Gasteiger partial charge in [-0.15, -0.1) is 0 Å². The van der Waals surface area contributed by atoms with Gasteiger partial charge in [-0.25, -0.2) is 0 Å². The highest BCUT2D eigenvalue weighted by Gasteiger charge is 2.19. The van der Waals surface area contributed by atoms with Crippen molar-refractivity contribution in [3.05, 3.63) is 46.1 Å². The fourth-order valence-electron chi connectivity index (χ4n) is 2.95. The maximum atomic E-state index is 12.6.